The number of nitrogens with zero attached hydrogens (tertiary/aromatic N) is 2. The standard InChI is InChI=1S/C12H21N3S/c1-4-11-5-13-9(2)6-15(11)7-12-10(3)14-8-16-12/h8-9,11,13H,4-7H2,1-3H3. The summed E-state index contributed by atoms with van der Waals surface area (Å²) in [7, 11) is 0. The van der Waals surface area contributed by atoms with E-state index in [1.165, 1.54) is 17.0 Å². The Morgan fingerprint density at radius 1 is 1.62 bits per heavy atom. The van der Waals surface area contributed by atoms with Crippen LogP contribution in [0.4, 0.5) is 0 Å². The summed E-state index contributed by atoms with van der Waals surface area (Å²) in [6.07, 6.45) is 1.22. The number of hydrogen-bond acceptors (Lipinski definition) is 4. The molecule has 2 rings (SSSR count). The fraction of sp³-hybridized carbons (Fsp3) is 0.750. The lowest BCUT2D eigenvalue weighted by Gasteiger charge is -2.38. The molecule has 2 atom stereocenters. The van der Waals surface area contributed by atoms with Crippen LogP contribution in [0.15, 0.2) is 5.51 Å². The Labute approximate surface area is 102 Å². The minimum atomic E-state index is 0.607. The molecule has 90 valence electrons. The van der Waals surface area contributed by atoms with E-state index in [0.29, 0.717) is 12.1 Å². The maximum absolute atomic E-state index is 4.33. The Bertz CT molecular complexity index is 337. The quantitative estimate of drug-likeness (QED) is 0.875. The van der Waals surface area contributed by atoms with E-state index in [1.54, 1.807) is 11.3 Å². The lowest BCUT2D eigenvalue weighted by molar-refractivity contribution is 0.125. The van der Waals surface area contributed by atoms with Crippen LogP contribution in [0.2, 0.25) is 0 Å². The summed E-state index contributed by atoms with van der Waals surface area (Å²) in [6.45, 7) is 9.98. The van der Waals surface area contributed by atoms with Crippen LogP contribution in [-0.2, 0) is 6.54 Å². The molecule has 1 aromatic heterocycles. The average Bonchev–Trinajstić information content (AvgIpc) is 2.65. The van der Waals surface area contributed by atoms with E-state index in [2.05, 4.69) is 36.0 Å². The Kier molecular flexibility index (Phi) is 3.95. The van der Waals surface area contributed by atoms with Gasteiger partial charge in [0.05, 0.1) is 11.2 Å². The van der Waals surface area contributed by atoms with E-state index in [9.17, 15) is 0 Å². The molecule has 1 fully saturated rings. The highest BCUT2D eigenvalue weighted by Crippen LogP contribution is 2.19. The van der Waals surface area contributed by atoms with Crippen molar-refractivity contribution in [2.45, 2.75) is 45.8 Å². The van der Waals surface area contributed by atoms with Crippen LogP contribution in [0.3, 0.4) is 0 Å². The number of piperazine rings is 1. The molecule has 1 aliphatic heterocycles. The molecule has 0 aromatic carbocycles. The summed E-state index contributed by atoms with van der Waals surface area (Å²) >= 11 is 1.78. The van der Waals surface area contributed by atoms with E-state index >= 15 is 0 Å². The molecule has 0 spiro atoms. The Morgan fingerprint density at radius 3 is 3.06 bits per heavy atom. The van der Waals surface area contributed by atoms with Gasteiger partial charge in [-0.15, -0.1) is 11.3 Å². The van der Waals surface area contributed by atoms with Gasteiger partial charge in [0.15, 0.2) is 0 Å². The third kappa shape index (κ3) is 2.62. The summed E-state index contributed by atoms with van der Waals surface area (Å²) in [6, 6.07) is 1.29. The molecular weight excluding hydrogens is 218 g/mol. The monoisotopic (exact) mass is 239 g/mol. The van der Waals surface area contributed by atoms with E-state index in [4.69, 9.17) is 0 Å². The molecule has 3 nitrogen and oxygen atoms in total. The Hall–Kier alpha value is -0.450. The number of rotatable bonds is 3. The van der Waals surface area contributed by atoms with Gasteiger partial charge in [-0.05, 0) is 20.3 Å². The fourth-order valence-electron chi connectivity index (χ4n) is 2.29. The molecule has 1 aliphatic rings. The van der Waals surface area contributed by atoms with Gasteiger partial charge < -0.3 is 5.32 Å². The molecular formula is C12H21N3S. The number of nitrogens with one attached hydrogen (secondary N) is 1. The van der Waals surface area contributed by atoms with Crippen molar-refractivity contribution in [3.05, 3.63) is 16.1 Å². The largest absolute Gasteiger partial charge is 0.311 e. The van der Waals surface area contributed by atoms with Crippen molar-refractivity contribution in [3.8, 4) is 0 Å². The number of hydrogen-bond donors (Lipinski definition) is 1. The zero-order chi connectivity index (χ0) is 11.5. The highest BCUT2D eigenvalue weighted by molar-refractivity contribution is 7.09. The van der Waals surface area contributed by atoms with E-state index in [0.717, 1.165) is 19.6 Å². The van der Waals surface area contributed by atoms with Crippen molar-refractivity contribution in [3.63, 3.8) is 0 Å². The second-order valence-electron chi connectivity index (χ2n) is 4.66. The molecule has 0 bridgehead atoms. The van der Waals surface area contributed by atoms with Gasteiger partial charge >= 0.3 is 0 Å². The first-order valence-electron chi connectivity index (χ1n) is 6.07. The minimum Gasteiger partial charge on any atom is -0.311 e. The van der Waals surface area contributed by atoms with E-state index in [-0.39, 0.29) is 0 Å². The topological polar surface area (TPSA) is 28.2 Å². The summed E-state index contributed by atoms with van der Waals surface area (Å²) in [5, 5.41) is 3.55. The van der Waals surface area contributed by atoms with Crippen molar-refractivity contribution in [2.24, 2.45) is 0 Å². The van der Waals surface area contributed by atoms with Crippen LogP contribution in [0.25, 0.3) is 0 Å². The molecule has 2 heterocycles. The van der Waals surface area contributed by atoms with Crippen molar-refractivity contribution >= 4 is 11.3 Å². The number of thiazole rings is 1. The van der Waals surface area contributed by atoms with Crippen LogP contribution in [0.5, 0.6) is 0 Å². The van der Waals surface area contributed by atoms with Crippen molar-refractivity contribution in [1.82, 2.24) is 15.2 Å². The molecule has 0 saturated carbocycles. The summed E-state index contributed by atoms with van der Waals surface area (Å²) < 4.78 is 0. The molecule has 4 heteroatoms. The molecule has 2 unspecified atom stereocenters. The van der Waals surface area contributed by atoms with Crippen molar-refractivity contribution in [1.29, 1.82) is 0 Å². The minimum absolute atomic E-state index is 0.607. The molecule has 0 amide bonds. The van der Waals surface area contributed by atoms with Gasteiger partial charge in [0.1, 0.15) is 0 Å². The molecule has 0 aliphatic carbocycles. The lowest BCUT2D eigenvalue weighted by atomic mass is 10.1. The maximum atomic E-state index is 4.33. The van der Waals surface area contributed by atoms with E-state index < -0.39 is 0 Å². The summed E-state index contributed by atoms with van der Waals surface area (Å²) in [4.78, 5) is 8.35. The van der Waals surface area contributed by atoms with Crippen molar-refractivity contribution < 1.29 is 0 Å². The zero-order valence-electron chi connectivity index (χ0n) is 10.4. The summed E-state index contributed by atoms with van der Waals surface area (Å²) in [5.74, 6) is 0. The summed E-state index contributed by atoms with van der Waals surface area (Å²) in [5.41, 5.74) is 3.16. The first-order valence-corrected chi connectivity index (χ1v) is 6.95. The van der Waals surface area contributed by atoms with Crippen LogP contribution in [0.1, 0.15) is 30.8 Å². The van der Waals surface area contributed by atoms with Gasteiger partial charge in [-0.3, -0.25) is 4.90 Å². The predicted octanol–water partition coefficient (Wildman–Crippen LogP) is 2.02. The van der Waals surface area contributed by atoms with Gasteiger partial charge in [0.2, 0.25) is 0 Å². The molecule has 1 aromatic rings. The SMILES string of the molecule is CCC1CNC(C)CN1Cc1scnc1C. The number of aromatic nitrogens is 1. The first kappa shape index (κ1) is 12.0. The normalized spacial score (nSPS) is 27.2. The molecule has 0 radical (unpaired) electrons. The van der Waals surface area contributed by atoms with Gasteiger partial charge in [-0.2, -0.15) is 0 Å². The smallest absolute Gasteiger partial charge is 0.0798 e. The van der Waals surface area contributed by atoms with Gasteiger partial charge in [0, 0.05) is 36.6 Å². The maximum Gasteiger partial charge on any atom is 0.0798 e. The fourth-order valence-corrected chi connectivity index (χ4v) is 3.09. The van der Waals surface area contributed by atoms with Gasteiger partial charge in [-0.1, -0.05) is 6.92 Å². The second kappa shape index (κ2) is 5.25. The molecule has 16 heavy (non-hydrogen) atoms. The third-order valence-corrected chi connectivity index (χ3v) is 4.31. The number of aryl methyl sites for hydroxylation is 1. The highest BCUT2D eigenvalue weighted by Gasteiger charge is 2.25. The van der Waals surface area contributed by atoms with Crippen LogP contribution in [-0.4, -0.2) is 35.1 Å². The van der Waals surface area contributed by atoms with Crippen molar-refractivity contribution in [2.75, 3.05) is 13.1 Å². The first-order chi connectivity index (χ1) is 7.70. The average molecular weight is 239 g/mol. The molecule has 1 N–H and O–H groups in total. The van der Waals surface area contributed by atoms with Crippen LogP contribution >= 0.6 is 11.3 Å². The van der Waals surface area contributed by atoms with Gasteiger partial charge in [0.25, 0.3) is 0 Å². The van der Waals surface area contributed by atoms with Crippen LogP contribution < -0.4 is 5.32 Å². The Balaban J connectivity index is 2.03. The third-order valence-electron chi connectivity index (χ3n) is 3.39. The zero-order valence-corrected chi connectivity index (χ0v) is 11.2. The lowest BCUT2D eigenvalue weighted by Crippen LogP contribution is -2.54. The molecule has 1 saturated heterocycles. The second-order valence-corrected chi connectivity index (χ2v) is 5.60. The predicted molar refractivity (Wildman–Crippen MR) is 68.8 cm³/mol. The van der Waals surface area contributed by atoms with Crippen LogP contribution in [0, 0.1) is 6.92 Å². The highest BCUT2D eigenvalue weighted by atomic mass is 32.1. The van der Waals surface area contributed by atoms with Gasteiger partial charge in [-0.25, -0.2) is 4.98 Å². The van der Waals surface area contributed by atoms with E-state index in [1.807, 2.05) is 5.51 Å². The Morgan fingerprint density at radius 2 is 2.44 bits per heavy atom.